The summed E-state index contributed by atoms with van der Waals surface area (Å²) in [6.07, 6.45) is 1.86. The Kier molecular flexibility index (Phi) is 4.95. The zero-order valence-corrected chi connectivity index (χ0v) is 16.1. The Balaban J connectivity index is 1.72. The second kappa shape index (κ2) is 7.06. The summed E-state index contributed by atoms with van der Waals surface area (Å²) in [5, 5.41) is 4.18. The molecule has 0 aliphatic carbocycles. The van der Waals surface area contributed by atoms with E-state index in [9.17, 15) is 14.4 Å². The smallest absolute Gasteiger partial charge is 0.410 e. The van der Waals surface area contributed by atoms with E-state index in [4.69, 9.17) is 4.74 Å². The average Bonchev–Trinajstić information content (AvgIpc) is 3.07. The lowest BCUT2D eigenvalue weighted by Crippen LogP contribution is -2.36. The number of hydrogen-bond acceptors (Lipinski definition) is 4. The van der Waals surface area contributed by atoms with Gasteiger partial charge in [0, 0.05) is 42.8 Å². The fraction of sp³-hybridized carbons (Fsp3) is 0.450. The molecule has 7 nitrogen and oxygen atoms in total. The summed E-state index contributed by atoms with van der Waals surface area (Å²) in [6, 6.07) is 7.09. The van der Waals surface area contributed by atoms with Crippen LogP contribution in [0, 0.1) is 5.92 Å². The number of aryl methyl sites for hydroxylation is 1. The molecule has 1 fully saturated rings. The SMILES string of the molecule is Cn1ccc2c(NC(=O)[C@@H]3CCN(C(=O)OC(C)(C)C)C3)cccc2c1=O. The number of hydrogen-bond donors (Lipinski definition) is 1. The molecule has 27 heavy (non-hydrogen) atoms. The topological polar surface area (TPSA) is 80.6 Å². The summed E-state index contributed by atoms with van der Waals surface area (Å²) in [5.74, 6) is -0.464. The van der Waals surface area contributed by atoms with Crippen LogP contribution in [0.3, 0.4) is 0 Å². The Morgan fingerprint density at radius 1 is 1.19 bits per heavy atom. The van der Waals surface area contributed by atoms with E-state index in [0.29, 0.717) is 36.0 Å². The van der Waals surface area contributed by atoms with Crippen molar-refractivity contribution in [2.45, 2.75) is 32.8 Å². The molecule has 1 atom stereocenters. The van der Waals surface area contributed by atoms with E-state index in [2.05, 4.69) is 5.32 Å². The molecule has 0 spiro atoms. The highest BCUT2D eigenvalue weighted by Gasteiger charge is 2.33. The maximum atomic E-state index is 12.7. The molecule has 2 aromatic rings. The van der Waals surface area contributed by atoms with E-state index in [-0.39, 0.29) is 17.4 Å². The number of rotatable bonds is 2. The third-order valence-electron chi connectivity index (χ3n) is 4.59. The Labute approximate surface area is 157 Å². The number of pyridine rings is 1. The number of aromatic nitrogens is 1. The molecule has 1 aliphatic rings. The van der Waals surface area contributed by atoms with Crippen LogP contribution in [0.5, 0.6) is 0 Å². The van der Waals surface area contributed by atoms with Gasteiger partial charge in [-0.05, 0) is 45.4 Å². The fourth-order valence-electron chi connectivity index (χ4n) is 3.19. The minimum atomic E-state index is -0.563. The summed E-state index contributed by atoms with van der Waals surface area (Å²) in [5.41, 5.74) is -0.0708. The first-order chi connectivity index (χ1) is 12.7. The molecule has 0 bridgehead atoms. The van der Waals surface area contributed by atoms with Gasteiger partial charge in [-0.15, -0.1) is 0 Å². The van der Waals surface area contributed by atoms with Gasteiger partial charge in [-0.1, -0.05) is 6.07 Å². The predicted molar refractivity (Wildman–Crippen MR) is 104 cm³/mol. The van der Waals surface area contributed by atoms with Crippen molar-refractivity contribution < 1.29 is 14.3 Å². The van der Waals surface area contributed by atoms with Gasteiger partial charge in [0.25, 0.3) is 5.56 Å². The molecule has 7 heteroatoms. The first-order valence-electron chi connectivity index (χ1n) is 9.03. The van der Waals surface area contributed by atoms with Crippen molar-refractivity contribution >= 4 is 28.5 Å². The second-order valence-corrected chi connectivity index (χ2v) is 7.90. The monoisotopic (exact) mass is 371 g/mol. The number of benzene rings is 1. The zero-order chi connectivity index (χ0) is 19.8. The Morgan fingerprint density at radius 2 is 1.93 bits per heavy atom. The van der Waals surface area contributed by atoms with Gasteiger partial charge < -0.3 is 19.5 Å². The van der Waals surface area contributed by atoms with Crippen molar-refractivity contribution in [3.8, 4) is 0 Å². The third kappa shape index (κ3) is 4.13. The van der Waals surface area contributed by atoms with Crippen LogP contribution in [-0.2, 0) is 16.6 Å². The molecule has 2 amide bonds. The number of carbonyl (C=O) groups is 2. The molecule has 1 N–H and O–H groups in total. The van der Waals surface area contributed by atoms with Crippen LogP contribution in [0.25, 0.3) is 10.8 Å². The van der Waals surface area contributed by atoms with Gasteiger partial charge >= 0.3 is 6.09 Å². The molecule has 1 saturated heterocycles. The van der Waals surface area contributed by atoms with Crippen molar-refractivity contribution in [2.24, 2.45) is 13.0 Å². The molecule has 3 rings (SSSR count). The van der Waals surface area contributed by atoms with Crippen LogP contribution in [-0.4, -0.2) is 40.2 Å². The lowest BCUT2D eigenvalue weighted by atomic mass is 10.1. The number of fused-ring (bicyclic) bond motifs is 1. The molecule has 1 aliphatic heterocycles. The highest BCUT2D eigenvalue weighted by atomic mass is 16.6. The maximum absolute atomic E-state index is 12.7. The highest BCUT2D eigenvalue weighted by molar-refractivity contribution is 6.02. The van der Waals surface area contributed by atoms with E-state index < -0.39 is 11.7 Å². The Morgan fingerprint density at radius 3 is 2.63 bits per heavy atom. The van der Waals surface area contributed by atoms with Gasteiger partial charge in [0.05, 0.1) is 5.92 Å². The Hall–Kier alpha value is -2.83. The summed E-state index contributed by atoms with van der Waals surface area (Å²) < 4.78 is 6.87. The molecular formula is C20H25N3O4. The number of ether oxygens (including phenoxy) is 1. The van der Waals surface area contributed by atoms with Crippen molar-refractivity contribution in [3.05, 3.63) is 40.8 Å². The van der Waals surface area contributed by atoms with Gasteiger partial charge in [0.15, 0.2) is 0 Å². The van der Waals surface area contributed by atoms with Crippen LogP contribution in [0.1, 0.15) is 27.2 Å². The number of nitrogens with one attached hydrogen (secondary N) is 1. The largest absolute Gasteiger partial charge is 0.444 e. The zero-order valence-electron chi connectivity index (χ0n) is 16.1. The van der Waals surface area contributed by atoms with Crippen LogP contribution in [0.15, 0.2) is 35.3 Å². The van der Waals surface area contributed by atoms with Crippen molar-refractivity contribution in [2.75, 3.05) is 18.4 Å². The van der Waals surface area contributed by atoms with Gasteiger partial charge in [0.1, 0.15) is 5.60 Å². The molecule has 0 radical (unpaired) electrons. The molecule has 0 unspecified atom stereocenters. The van der Waals surface area contributed by atoms with Crippen molar-refractivity contribution in [1.29, 1.82) is 0 Å². The van der Waals surface area contributed by atoms with Crippen LogP contribution < -0.4 is 10.9 Å². The summed E-state index contributed by atoms with van der Waals surface area (Å²) >= 11 is 0. The molecule has 2 heterocycles. The molecule has 0 saturated carbocycles. The normalized spacial score (nSPS) is 17.2. The Bertz CT molecular complexity index is 942. The molecular weight excluding hydrogens is 346 g/mol. The minimum absolute atomic E-state index is 0.111. The molecule has 1 aromatic heterocycles. The number of amides is 2. The third-order valence-corrected chi connectivity index (χ3v) is 4.59. The van der Waals surface area contributed by atoms with E-state index in [1.807, 2.05) is 26.8 Å². The van der Waals surface area contributed by atoms with Gasteiger partial charge in [0.2, 0.25) is 5.91 Å². The standard InChI is InChI=1S/C20H25N3O4/c1-20(2,3)27-19(26)23-11-8-13(12-23)17(24)21-16-7-5-6-15-14(16)9-10-22(4)18(15)25/h5-7,9-10,13H,8,11-12H2,1-4H3,(H,21,24)/t13-/m1/s1. The lowest BCUT2D eigenvalue weighted by Gasteiger charge is -2.24. The van der Waals surface area contributed by atoms with Crippen LogP contribution in [0.4, 0.5) is 10.5 Å². The van der Waals surface area contributed by atoms with Gasteiger partial charge in [-0.25, -0.2) is 4.79 Å². The highest BCUT2D eigenvalue weighted by Crippen LogP contribution is 2.24. The minimum Gasteiger partial charge on any atom is -0.444 e. The summed E-state index contributed by atoms with van der Waals surface area (Å²) in [6.45, 7) is 6.26. The van der Waals surface area contributed by atoms with Crippen molar-refractivity contribution in [3.63, 3.8) is 0 Å². The number of carbonyl (C=O) groups excluding carboxylic acids is 2. The predicted octanol–water partition coefficient (Wildman–Crippen LogP) is 2.73. The number of nitrogens with zero attached hydrogens (tertiary/aromatic N) is 2. The summed E-state index contributed by atoms with van der Waals surface area (Å²) in [7, 11) is 1.69. The number of anilines is 1. The van der Waals surface area contributed by atoms with E-state index in [1.165, 1.54) is 4.57 Å². The maximum Gasteiger partial charge on any atom is 0.410 e. The first kappa shape index (κ1) is 18.9. The molecule has 144 valence electrons. The van der Waals surface area contributed by atoms with E-state index in [1.54, 1.807) is 36.3 Å². The van der Waals surface area contributed by atoms with Crippen molar-refractivity contribution in [1.82, 2.24) is 9.47 Å². The fourth-order valence-corrected chi connectivity index (χ4v) is 3.19. The van der Waals surface area contributed by atoms with Gasteiger partial charge in [-0.2, -0.15) is 0 Å². The van der Waals surface area contributed by atoms with Crippen LogP contribution in [0.2, 0.25) is 0 Å². The van der Waals surface area contributed by atoms with E-state index in [0.717, 1.165) is 0 Å². The second-order valence-electron chi connectivity index (χ2n) is 7.90. The quantitative estimate of drug-likeness (QED) is 0.880. The van der Waals surface area contributed by atoms with E-state index >= 15 is 0 Å². The first-order valence-corrected chi connectivity index (χ1v) is 9.03. The van der Waals surface area contributed by atoms with Crippen LogP contribution >= 0.6 is 0 Å². The number of likely N-dealkylation sites (tertiary alicyclic amines) is 1. The lowest BCUT2D eigenvalue weighted by molar-refractivity contribution is -0.119. The van der Waals surface area contributed by atoms with Gasteiger partial charge in [-0.3, -0.25) is 9.59 Å². The summed E-state index contributed by atoms with van der Waals surface area (Å²) in [4.78, 5) is 38.7. The average molecular weight is 371 g/mol. The molecule has 1 aromatic carbocycles.